The molecule has 5 heteroatoms. The van der Waals surface area contributed by atoms with Crippen molar-refractivity contribution >= 4 is 24.8 Å². The second kappa shape index (κ2) is 7.10. The molecule has 0 aliphatic carbocycles. The maximum atomic E-state index is 12.0. The zero-order valence-electron chi connectivity index (χ0n) is 6.55. The number of rotatable bonds is 1. The van der Waals surface area contributed by atoms with Gasteiger partial charge in [-0.25, -0.2) is 4.39 Å². The highest BCUT2D eigenvalue weighted by Gasteiger charge is 2.14. The van der Waals surface area contributed by atoms with Crippen LogP contribution in [0.5, 0.6) is 0 Å². The van der Waals surface area contributed by atoms with Gasteiger partial charge in [-0.1, -0.05) is 0 Å². The van der Waals surface area contributed by atoms with Gasteiger partial charge in [-0.3, -0.25) is 0 Å². The van der Waals surface area contributed by atoms with Crippen LogP contribution < -0.4 is 5.32 Å². The molecule has 70 valence electrons. The van der Waals surface area contributed by atoms with E-state index < -0.39 is 0 Å². The summed E-state index contributed by atoms with van der Waals surface area (Å²) in [6.45, 7) is 2.56. The summed E-state index contributed by atoms with van der Waals surface area (Å²) in [6, 6.07) is 0.0729. The van der Waals surface area contributed by atoms with E-state index in [9.17, 15) is 4.39 Å². The minimum absolute atomic E-state index is 0. The minimum atomic E-state index is -0.246. The summed E-state index contributed by atoms with van der Waals surface area (Å²) >= 11 is 0. The van der Waals surface area contributed by atoms with Gasteiger partial charge >= 0.3 is 0 Å². The predicted molar refractivity (Wildman–Crippen MR) is 49.8 cm³/mol. The first kappa shape index (κ1) is 14.0. The fourth-order valence-electron chi connectivity index (χ4n) is 1.09. The first-order valence-corrected chi connectivity index (χ1v) is 3.31. The Balaban J connectivity index is 0. The summed E-state index contributed by atoms with van der Waals surface area (Å²) in [5.41, 5.74) is 0. The van der Waals surface area contributed by atoms with Gasteiger partial charge in [0.1, 0.15) is 6.67 Å². The third-order valence-corrected chi connectivity index (χ3v) is 1.64. The smallest absolute Gasteiger partial charge is 0.106 e. The molecule has 11 heavy (non-hydrogen) atoms. The summed E-state index contributed by atoms with van der Waals surface area (Å²) in [5, 5.41) is 3.08. The van der Waals surface area contributed by atoms with E-state index in [1.54, 1.807) is 0 Å². The highest BCUT2D eigenvalue weighted by Crippen LogP contribution is 1.95. The fraction of sp³-hybridized carbons (Fsp3) is 1.00. The van der Waals surface area contributed by atoms with Gasteiger partial charge in [0.15, 0.2) is 0 Å². The van der Waals surface area contributed by atoms with E-state index in [0.29, 0.717) is 0 Å². The molecule has 1 heterocycles. The SMILES string of the molecule is CN1CCN[C@@H](CF)C1.Cl.Cl. The average Bonchev–Trinajstić information content (AvgIpc) is 1.88. The first-order valence-electron chi connectivity index (χ1n) is 3.31. The fourth-order valence-corrected chi connectivity index (χ4v) is 1.09. The maximum absolute atomic E-state index is 12.0. The van der Waals surface area contributed by atoms with Crippen LogP contribution in [0.15, 0.2) is 0 Å². The van der Waals surface area contributed by atoms with Gasteiger partial charge in [-0.15, -0.1) is 24.8 Å². The highest BCUT2D eigenvalue weighted by molar-refractivity contribution is 5.85. The van der Waals surface area contributed by atoms with E-state index in [-0.39, 0.29) is 37.5 Å². The lowest BCUT2D eigenvalue weighted by molar-refractivity contribution is 0.213. The molecule has 0 radical (unpaired) electrons. The maximum Gasteiger partial charge on any atom is 0.106 e. The molecule has 0 saturated carbocycles. The number of hydrogen-bond acceptors (Lipinski definition) is 2. The minimum Gasteiger partial charge on any atom is -0.309 e. The molecular formula is C6H15Cl2FN2. The van der Waals surface area contributed by atoms with Crippen molar-refractivity contribution in [3.8, 4) is 0 Å². The second-order valence-electron chi connectivity index (χ2n) is 2.57. The van der Waals surface area contributed by atoms with E-state index in [1.165, 1.54) is 0 Å². The molecule has 1 atom stereocenters. The number of hydrogen-bond donors (Lipinski definition) is 1. The summed E-state index contributed by atoms with van der Waals surface area (Å²) in [4.78, 5) is 2.14. The van der Waals surface area contributed by atoms with Crippen molar-refractivity contribution in [2.75, 3.05) is 33.4 Å². The van der Waals surface area contributed by atoms with Crippen LogP contribution in [-0.2, 0) is 0 Å². The van der Waals surface area contributed by atoms with Crippen LogP contribution >= 0.6 is 24.8 Å². The van der Waals surface area contributed by atoms with Gasteiger partial charge in [-0.05, 0) is 7.05 Å². The van der Waals surface area contributed by atoms with Crippen molar-refractivity contribution in [1.29, 1.82) is 0 Å². The van der Waals surface area contributed by atoms with Crippen LogP contribution in [0.1, 0.15) is 0 Å². The van der Waals surface area contributed by atoms with Crippen molar-refractivity contribution in [3.63, 3.8) is 0 Å². The van der Waals surface area contributed by atoms with Gasteiger partial charge in [0.2, 0.25) is 0 Å². The third-order valence-electron chi connectivity index (χ3n) is 1.64. The lowest BCUT2D eigenvalue weighted by Crippen LogP contribution is -2.49. The summed E-state index contributed by atoms with van der Waals surface area (Å²) < 4.78 is 12.0. The number of nitrogens with one attached hydrogen (secondary N) is 1. The van der Waals surface area contributed by atoms with E-state index in [0.717, 1.165) is 19.6 Å². The van der Waals surface area contributed by atoms with Gasteiger partial charge in [-0.2, -0.15) is 0 Å². The zero-order chi connectivity index (χ0) is 6.69. The Hall–Kier alpha value is 0.430. The van der Waals surface area contributed by atoms with Crippen molar-refractivity contribution < 1.29 is 4.39 Å². The molecule has 2 nitrogen and oxygen atoms in total. The molecular weight excluding hydrogens is 190 g/mol. The molecule has 1 rings (SSSR count). The second-order valence-corrected chi connectivity index (χ2v) is 2.57. The third kappa shape index (κ3) is 4.80. The Labute approximate surface area is 79.3 Å². The van der Waals surface area contributed by atoms with Gasteiger partial charge < -0.3 is 10.2 Å². The number of nitrogens with zero attached hydrogens (tertiary/aromatic N) is 1. The van der Waals surface area contributed by atoms with Crippen LogP contribution in [0.3, 0.4) is 0 Å². The van der Waals surface area contributed by atoms with Gasteiger partial charge in [0, 0.05) is 25.7 Å². The van der Waals surface area contributed by atoms with Crippen LogP contribution in [0.2, 0.25) is 0 Å². The van der Waals surface area contributed by atoms with Crippen LogP contribution in [0.4, 0.5) is 4.39 Å². The molecule has 0 unspecified atom stereocenters. The summed E-state index contributed by atoms with van der Waals surface area (Å²) in [5.74, 6) is 0. The molecule has 1 N–H and O–H groups in total. The lowest BCUT2D eigenvalue weighted by atomic mass is 10.2. The number of alkyl halides is 1. The molecule has 1 aliphatic rings. The van der Waals surface area contributed by atoms with Crippen LogP contribution in [-0.4, -0.2) is 44.3 Å². The molecule has 1 aliphatic heterocycles. The Morgan fingerprint density at radius 3 is 2.55 bits per heavy atom. The van der Waals surface area contributed by atoms with E-state index in [4.69, 9.17) is 0 Å². The lowest BCUT2D eigenvalue weighted by Gasteiger charge is -2.28. The zero-order valence-corrected chi connectivity index (χ0v) is 8.18. The summed E-state index contributed by atoms with van der Waals surface area (Å²) in [6.07, 6.45) is 0. The molecule has 0 spiro atoms. The van der Waals surface area contributed by atoms with Gasteiger partial charge in [0.05, 0.1) is 0 Å². The topological polar surface area (TPSA) is 15.3 Å². The first-order chi connectivity index (χ1) is 4.33. The van der Waals surface area contributed by atoms with E-state index >= 15 is 0 Å². The largest absolute Gasteiger partial charge is 0.309 e. The normalized spacial score (nSPS) is 25.1. The van der Waals surface area contributed by atoms with Crippen LogP contribution in [0.25, 0.3) is 0 Å². The standard InChI is InChI=1S/C6H13FN2.2ClH/c1-9-3-2-8-6(4-7)5-9;;/h6,8H,2-5H2,1H3;2*1H/t6-;;/m0../s1. The molecule has 0 aromatic heterocycles. The Kier molecular flexibility index (Phi) is 9.02. The molecule has 0 aromatic rings. The Morgan fingerprint density at radius 2 is 2.18 bits per heavy atom. The average molecular weight is 205 g/mol. The Morgan fingerprint density at radius 1 is 1.55 bits per heavy atom. The van der Waals surface area contributed by atoms with Crippen molar-refractivity contribution in [2.45, 2.75) is 6.04 Å². The highest BCUT2D eigenvalue weighted by atomic mass is 35.5. The van der Waals surface area contributed by atoms with E-state index in [2.05, 4.69) is 10.2 Å². The molecule has 1 saturated heterocycles. The van der Waals surface area contributed by atoms with Gasteiger partial charge in [0.25, 0.3) is 0 Å². The quantitative estimate of drug-likeness (QED) is 0.678. The number of likely N-dealkylation sites (N-methyl/N-ethyl adjacent to an activating group) is 1. The van der Waals surface area contributed by atoms with Crippen molar-refractivity contribution in [1.82, 2.24) is 10.2 Å². The monoisotopic (exact) mass is 204 g/mol. The van der Waals surface area contributed by atoms with Crippen LogP contribution in [0, 0.1) is 0 Å². The predicted octanol–water partition coefficient (Wildman–Crippen LogP) is 0.703. The van der Waals surface area contributed by atoms with E-state index in [1.807, 2.05) is 7.05 Å². The number of halogens is 3. The molecule has 1 fully saturated rings. The molecule has 0 amide bonds. The summed E-state index contributed by atoms with van der Waals surface area (Å²) in [7, 11) is 2.02. The Bertz CT molecular complexity index is 94.7. The molecule has 0 bridgehead atoms. The number of piperazine rings is 1. The van der Waals surface area contributed by atoms with Crippen molar-refractivity contribution in [2.24, 2.45) is 0 Å². The van der Waals surface area contributed by atoms with Crippen molar-refractivity contribution in [3.05, 3.63) is 0 Å². The molecule has 0 aromatic carbocycles.